The smallest absolute Gasteiger partial charge is 0.154 e. The van der Waals surface area contributed by atoms with Crippen LogP contribution in [-0.4, -0.2) is 4.98 Å². The lowest BCUT2D eigenvalue weighted by Gasteiger charge is -2.06. The first kappa shape index (κ1) is 11.6. The van der Waals surface area contributed by atoms with E-state index in [1.165, 1.54) is 0 Å². The molecular formula is C14H9BrN2. The summed E-state index contributed by atoms with van der Waals surface area (Å²) in [5, 5.41) is 8.80. The van der Waals surface area contributed by atoms with Crippen molar-refractivity contribution < 1.29 is 0 Å². The number of hydrogen-bond acceptors (Lipinski definition) is 2. The van der Waals surface area contributed by atoms with Crippen LogP contribution in [0.3, 0.4) is 0 Å². The van der Waals surface area contributed by atoms with E-state index < -0.39 is 0 Å². The molecule has 2 aromatic rings. The SMILES string of the molecule is C=C(c1ccccc1)c1cnc(C#N)c(Br)c1. The molecule has 82 valence electrons. The van der Waals surface area contributed by atoms with Crippen molar-refractivity contribution in [3.05, 3.63) is 70.5 Å². The monoisotopic (exact) mass is 284 g/mol. The van der Waals surface area contributed by atoms with Crippen LogP contribution in [0, 0.1) is 11.3 Å². The van der Waals surface area contributed by atoms with Crippen molar-refractivity contribution in [1.29, 1.82) is 5.26 Å². The van der Waals surface area contributed by atoms with Gasteiger partial charge < -0.3 is 0 Å². The summed E-state index contributed by atoms with van der Waals surface area (Å²) in [4.78, 5) is 4.07. The first-order chi connectivity index (χ1) is 8.22. The summed E-state index contributed by atoms with van der Waals surface area (Å²) in [5.74, 6) is 0. The average Bonchev–Trinajstić information content (AvgIpc) is 2.39. The summed E-state index contributed by atoms with van der Waals surface area (Å²) in [6, 6.07) is 13.8. The van der Waals surface area contributed by atoms with Gasteiger partial charge in [-0.25, -0.2) is 4.98 Å². The van der Waals surface area contributed by atoms with E-state index in [0.29, 0.717) is 10.2 Å². The Morgan fingerprint density at radius 1 is 1.24 bits per heavy atom. The largest absolute Gasteiger partial charge is 0.244 e. The Morgan fingerprint density at radius 3 is 2.53 bits per heavy atom. The highest BCUT2D eigenvalue weighted by Gasteiger charge is 2.06. The van der Waals surface area contributed by atoms with Gasteiger partial charge in [-0.15, -0.1) is 0 Å². The second kappa shape index (κ2) is 4.94. The fraction of sp³-hybridized carbons (Fsp3) is 0. The third-order valence-corrected chi connectivity index (χ3v) is 3.02. The van der Waals surface area contributed by atoms with E-state index in [0.717, 1.165) is 16.7 Å². The highest BCUT2D eigenvalue weighted by molar-refractivity contribution is 9.10. The van der Waals surface area contributed by atoms with Gasteiger partial charge in [0.15, 0.2) is 5.69 Å². The minimum absolute atomic E-state index is 0.384. The van der Waals surface area contributed by atoms with Gasteiger partial charge in [-0.3, -0.25) is 0 Å². The lowest BCUT2D eigenvalue weighted by atomic mass is 10.0. The van der Waals surface area contributed by atoms with E-state index in [1.54, 1.807) is 6.20 Å². The van der Waals surface area contributed by atoms with Crippen molar-refractivity contribution in [2.75, 3.05) is 0 Å². The van der Waals surface area contributed by atoms with Crippen LogP contribution < -0.4 is 0 Å². The highest BCUT2D eigenvalue weighted by Crippen LogP contribution is 2.24. The first-order valence-electron chi connectivity index (χ1n) is 5.02. The molecule has 3 heteroatoms. The molecule has 2 rings (SSSR count). The van der Waals surface area contributed by atoms with Crippen molar-refractivity contribution in [3.8, 4) is 6.07 Å². The Bertz CT molecular complexity index is 597. The van der Waals surface area contributed by atoms with E-state index in [9.17, 15) is 0 Å². The molecule has 0 spiro atoms. The van der Waals surface area contributed by atoms with Crippen LogP contribution in [0.15, 0.2) is 53.6 Å². The van der Waals surface area contributed by atoms with Crippen molar-refractivity contribution in [2.45, 2.75) is 0 Å². The minimum atomic E-state index is 0.384. The third-order valence-electron chi connectivity index (χ3n) is 2.42. The zero-order valence-electron chi connectivity index (χ0n) is 9.02. The van der Waals surface area contributed by atoms with Gasteiger partial charge in [-0.05, 0) is 33.1 Å². The summed E-state index contributed by atoms with van der Waals surface area (Å²) in [7, 11) is 0. The van der Waals surface area contributed by atoms with Gasteiger partial charge in [-0.1, -0.05) is 36.9 Å². The number of halogens is 1. The molecule has 0 radical (unpaired) electrons. The molecule has 2 nitrogen and oxygen atoms in total. The first-order valence-corrected chi connectivity index (χ1v) is 5.82. The number of rotatable bonds is 2. The van der Waals surface area contributed by atoms with E-state index in [4.69, 9.17) is 5.26 Å². The molecule has 0 bridgehead atoms. The summed E-state index contributed by atoms with van der Waals surface area (Å²) >= 11 is 3.32. The fourth-order valence-electron chi connectivity index (χ4n) is 1.49. The zero-order valence-corrected chi connectivity index (χ0v) is 10.6. The minimum Gasteiger partial charge on any atom is -0.244 e. The quantitative estimate of drug-likeness (QED) is 0.842. The van der Waals surface area contributed by atoms with Gasteiger partial charge in [-0.2, -0.15) is 5.26 Å². The number of pyridine rings is 1. The second-order valence-electron chi connectivity index (χ2n) is 3.51. The predicted molar refractivity (Wildman–Crippen MR) is 71.2 cm³/mol. The Kier molecular flexibility index (Phi) is 3.36. The van der Waals surface area contributed by atoms with Crippen molar-refractivity contribution in [3.63, 3.8) is 0 Å². The molecule has 0 fully saturated rings. The number of benzene rings is 1. The van der Waals surface area contributed by atoms with Crippen LogP contribution in [0.5, 0.6) is 0 Å². The number of aromatic nitrogens is 1. The van der Waals surface area contributed by atoms with Gasteiger partial charge >= 0.3 is 0 Å². The predicted octanol–water partition coefficient (Wildman–Crippen LogP) is 3.78. The average molecular weight is 285 g/mol. The summed E-state index contributed by atoms with van der Waals surface area (Å²) in [6.45, 7) is 4.05. The van der Waals surface area contributed by atoms with Gasteiger partial charge in [0.2, 0.25) is 0 Å². The maximum atomic E-state index is 8.80. The molecule has 0 aliphatic heterocycles. The molecule has 1 heterocycles. The normalized spacial score (nSPS) is 9.65. The van der Waals surface area contributed by atoms with E-state index in [2.05, 4.69) is 27.5 Å². The van der Waals surface area contributed by atoms with Crippen LogP contribution in [0.4, 0.5) is 0 Å². The molecule has 0 atom stereocenters. The van der Waals surface area contributed by atoms with Crippen molar-refractivity contribution in [1.82, 2.24) is 4.98 Å². The molecule has 0 N–H and O–H groups in total. The molecule has 0 saturated carbocycles. The maximum absolute atomic E-state index is 8.80. The standard InChI is InChI=1S/C14H9BrN2/c1-10(11-5-3-2-4-6-11)12-7-13(15)14(8-16)17-9-12/h2-7,9H,1H2. The van der Waals surface area contributed by atoms with Gasteiger partial charge in [0.25, 0.3) is 0 Å². The van der Waals surface area contributed by atoms with E-state index >= 15 is 0 Å². The Morgan fingerprint density at radius 2 is 1.94 bits per heavy atom. The molecule has 1 aromatic heterocycles. The topological polar surface area (TPSA) is 36.7 Å². The number of nitriles is 1. The second-order valence-corrected chi connectivity index (χ2v) is 4.37. The summed E-state index contributed by atoms with van der Waals surface area (Å²) in [5.41, 5.74) is 3.23. The number of hydrogen-bond donors (Lipinski definition) is 0. The Balaban J connectivity index is 2.40. The van der Waals surface area contributed by atoms with E-state index in [1.807, 2.05) is 42.5 Å². The van der Waals surface area contributed by atoms with Crippen LogP contribution >= 0.6 is 15.9 Å². The van der Waals surface area contributed by atoms with Gasteiger partial charge in [0, 0.05) is 11.8 Å². The number of nitrogens with zero attached hydrogens (tertiary/aromatic N) is 2. The fourth-order valence-corrected chi connectivity index (χ4v) is 1.93. The molecule has 17 heavy (non-hydrogen) atoms. The van der Waals surface area contributed by atoms with Crippen molar-refractivity contribution in [2.24, 2.45) is 0 Å². The molecule has 0 amide bonds. The molecule has 0 aliphatic rings. The van der Waals surface area contributed by atoms with E-state index in [-0.39, 0.29) is 0 Å². The summed E-state index contributed by atoms with van der Waals surface area (Å²) in [6.07, 6.45) is 1.67. The lowest BCUT2D eigenvalue weighted by Crippen LogP contribution is -1.91. The molecule has 0 unspecified atom stereocenters. The molecule has 0 saturated heterocycles. The third kappa shape index (κ3) is 2.43. The molecular weight excluding hydrogens is 276 g/mol. The van der Waals surface area contributed by atoms with Gasteiger partial charge in [0.1, 0.15) is 6.07 Å². The maximum Gasteiger partial charge on any atom is 0.154 e. The van der Waals surface area contributed by atoms with Crippen molar-refractivity contribution >= 4 is 21.5 Å². The van der Waals surface area contributed by atoms with Crippen LogP contribution in [0.1, 0.15) is 16.8 Å². The van der Waals surface area contributed by atoms with Crippen LogP contribution in [-0.2, 0) is 0 Å². The molecule has 0 aliphatic carbocycles. The van der Waals surface area contributed by atoms with Gasteiger partial charge in [0.05, 0.1) is 4.47 Å². The Labute approximate surface area is 108 Å². The molecule has 1 aromatic carbocycles. The van der Waals surface area contributed by atoms with Crippen LogP contribution in [0.25, 0.3) is 5.57 Å². The van der Waals surface area contributed by atoms with Crippen LogP contribution in [0.2, 0.25) is 0 Å². The Hall–Kier alpha value is -1.92. The lowest BCUT2D eigenvalue weighted by molar-refractivity contribution is 1.23. The highest BCUT2D eigenvalue weighted by atomic mass is 79.9. The summed E-state index contributed by atoms with van der Waals surface area (Å²) < 4.78 is 0.689. The zero-order chi connectivity index (χ0) is 12.3.